The maximum atomic E-state index is 12.1. The quantitative estimate of drug-likeness (QED) is 0.765. The fourth-order valence-corrected chi connectivity index (χ4v) is 2.64. The first-order valence-corrected chi connectivity index (χ1v) is 7.52. The van der Waals surface area contributed by atoms with E-state index in [0.29, 0.717) is 12.1 Å². The largest absolute Gasteiger partial charge is 0.353 e. The molecule has 106 valence electrons. The summed E-state index contributed by atoms with van der Waals surface area (Å²) in [5, 5.41) is 6.56. The van der Waals surface area contributed by atoms with E-state index in [9.17, 15) is 4.79 Å². The average Bonchev–Trinajstić information content (AvgIpc) is 2.28. The second-order valence-electron chi connectivity index (χ2n) is 6.31. The molecule has 0 aromatic carbocycles. The lowest BCUT2D eigenvalue weighted by atomic mass is 9.92. The van der Waals surface area contributed by atoms with E-state index in [-0.39, 0.29) is 11.8 Å². The summed E-state index contributed by atoms with van der Waals surface area (Å²) in [7, 11) is 0. The molecule has 0 saturated carbocycles. The van der Waals surface area contributed by atoms with Crippen LogP contribution in [0.2, 0.25) is 0 Å². The highest BCUT2D eigenvalue weighted by Gasteiger charge is 2.25. The van der Waals surface area contributed by atoms with Crippen LogP contribution >= 0.6 is 0 Å². The first-order chi connectivity index (χ1) is 8.49. The normalized spacial score (nSPS) is 26.1. The molecule has 1 aliphatic rings. The molecular weight excluding hydrogens is 224 g/mol. The highest BCUT2D eigenvalue weighted by molar-refractivity contribution is 5.79. The van der Waals surface area contributed by atoms with Crippen LogP contribution < -0.4 is 10.6 Å². The fraction of sp³-hybridized carbons (Fsp3) is 0.933. The minimum absolute atomic E-state index is 0.216. The van der Waals surface area contributed by atoms with Gasteiger partial charge in [-0.15, -0.1) is 0 Å². The van der Waals surface area contributed by atoms with Crippen molar-refractivity contribution in [1.82, 2.24) is 10.6 Å². The molecule has 18 heavy (non-hydrogen) atoms. The summed E-state index contributed by atoms with van der Waals surface area (Å²) >= 11 is 0. The zero-order chi connectivity index (χ0) is 13.5. The number of carbonyl (C=O) groups excluding carboxylic acids is 1. The third-order valence-corrected chi connectivity index (χ3v) is 3.80. The average molecular weight is 254 g/mol. The van der Waals surface area contributed by atoms with Gasteiger partial charge in [-0.05, 0) is 45.6 Å². The standard InChI is InChI=1S/C15H30N2O/c1-11(2)6-5-7-12(3)17-15(18)14-8-9-16-13(4)10-14/h11-14,16H,5-10H2,1-4H3,(H,17,18)/t12?,13-,14-/m0/s1. The lowest BCUT2D eigenvalue weighted by Gasteiger charge is -2.28. The number of piperidine rings is 1. The van der Waals surface area contributed by atoms with Gasteiger partial charge in [0, 0.05) is 18.0 Å². The van der Waals surface area contributed by atoms with Gasteiger partial charge in [0.05, 0.1) is 0 Å². The van der Waals surface area contributed by atoms with Crippen LogP contribution in [0.3, 0.4) is 0 Å². The van der Waals surface area contributed by atoms with Crippen molar-refractivity contribution in [1.29, 1.82) is 0 Å². The van der Waals surface area contributed by atoms with Crippen molar-refractivity contribution in [2.75, 3.05) is 6.54 Å². The monoisotopic (exact) mass is 254 g/mol. The second kappa shape index (κ2) is 7.78. The topological polar surface area (TPSA) is 41.1 Å². The molecule has 3 nitrogen and oxygen atoms in total. The van der Waals surface area contributed by atoms with E-state index in [4.69, 9.17) is 0 Å². The van der Waals surface area contributed by atoms with Gasteiger partial charge in [-0.1, -0.05) is 26.7 Å². The number of carbonyl (C=O) groups is 1. The Labute approximate surface area is 112 Å². The second-order valence-corrected chi connectivity index (χ2v) is 6.31. The molecule has 3 atom stereocenters. The molecule has 1 unspecified atom stereocenters. The van der Waals surface area contributed by atoms with Crippen molar-refractivity contribution in [2.45, 2.75) is 71.9 Å². The van der Waals surface area contributed by atoms with Crippen LogP contribution in [0.25, 0.3) is 0 Å². The predicted octanol–water partition coefficient (Wildman–Crippen LogP) is 2.71. The molecule has 1 aliphatic heterocycles. The molecule has 0 aromatic heterocycles. The maximum Gasteiger partial charge on any atom is 0.223 e. The van der Waals surface area contributed by atoms with E-state index in [1.807, 2.05) is 0 Å². The highest BCUT2D eigenvalue weighted by atomic mass is 16.1. The molecule has 2 N–H and O–H groups in total. The number of hydrogen-bond donors (Lipinski definition) is 2. The highest BCUT2D eigenvalue weighted by Crippen LogP contribution is 2.17. The van der Waals surface area contributed by atoms with E-state index in [2.05, 4.69) is 38.3 Å². The molecule has 1 saturated heterocycles. The van der Waals surface area contributed by atoms with Crippen LogP contribution in [0.15, 0.2) is 0 Å². The van der Waals surface area contributed by atoms with Crippen LogP contribution in [0.5, 0.6) is 0 Å². The summed E-state index contributed by atoms with van der Waals surface area (Å²) in [6.07, 6.45) is 5.52. The van der Waals surface area contributed by atoms with Gasteiger partial charge in [0.2, 0.25) is 5.91 Å². The fourth-order valence-electron chi connectivity index (χ4n) is 2.64. The molecular formula is C15H30N2O. The summed E-state index contributed by atoms with van der Waals surface area (Å²) in [6, 6.07) is 0.798. The molecule has 0 radical (unpaired) electrons. The Balaban J connectivity index is 2.21. The zero-order valence-electron chi connectivity index (χ0n) is 12.5. The van der Waals surface area contributed by atoms with Gasteiger partial charge in [-0.2, -0.15) is 0 Å². The molecule has 0 spiro atoms. The first-order valence-electron chi connectivity index (χ1n) is 7.52. The molecule has 0 aromatic rings. The molecule has 0 aliphatic carbocycles. The number of nitrogens with one attached hydrogen (secondary N) is 2. The Kier molecular flexibility index (Phi) is 6.69. The summed E-state index contributed by atoms with van der Waals surface area (Å²) in [6.45, 7) is 9.76. The van der Waals surface area contributed by atoms with Crippen LogP contribution in [0.4, 0.5) is 0 Å². The Hall–Kier alpha value is -0.570. The number of rotatable bonds is 6. The van der Waals surface area contributed by atoms with Crippen molar-refractivity contribution in [3.63, 3.8) is 0 Å². The maximum absolute atomic E-state index is 12.1. The van der Waals surface area contributed by atoms with Crippen molar-refractivity contribution in [3.8, 4) is 0 Å². The van der Waals surface area contributed by atoms with Gasteiger partial charge in [-0.25, -0.2) is 0 Å². The van der Waals surface area contributed by atoms with Gasteiger partial charge < -0.3 is 10.6 Å². The molecule has 1 rings (SSSR count). The number of amides is 1. The summed E-state index contributed by atoms with van der Waals surface area (Å²) in [4.78, 5) is 12.1. The summed E-state index contributed by atoms with van der Waals surface area (Å²) in [5.74, 6) is 1.24. The molecule has 1 heterocycles. The van der Waals surface area contributed by atoms with E-state index in [1.54, 1.807) is 0 Å². The van der Waals surface area contributed by atoms with Crippen LogP contribution in [0.1, 0.15) is 59.8 Å². The van der Waals surface area contributed by atoms with Gasteiger partial charge in [0.15, 0.2) is 0 Å². The number of hydrogen-bond acceptors (Lipinski definition) is 2. The Morgan fingerprint density at radius 2 is 2.06 bits per heavy atom. The Morgan fingerprint density at radius 1 is 1.33 bits per heavy atom. The van der Waals surface area contributed by atoms with Gasteiger partial charge in [0.1, 0.15) is 0 Å². The Bertz CT molecular complexity index is 253. The van der Waals surface area contributed by atoms with Crippen molar-refractivity contribution >= 4 is 5.91 Å². The zero-order valence-corrected chi connectivity index (χ0v) is 12.5. The van der Waals surface area contributed by atoms with Crippen molar-refractivity contribution in [3.05, 3.63) is 0 Å². The van der Waals surface area contributed by atoms with Gasteiger partial charge in [-0.3, -0.25) is 4.79 Å². The van der Waals surface area contributed by atoms with Crippen molar-refractivity contribution < 1.29 is 4.79 Å². The predicted molar refractivity (Wildman–Crippen MR) is 76.5 cm³/mol. The molecule has 1 amide bonds. The third-order valence-electron chi connectivity index (χ3n) is 3.80. The minimum Gasteiger partial charge on any atom is -0.353 e. The van der Waals surface area contributed by atoms with Crippen LogP contribution in [0, 0.1) is 11.8 Å². The Morgan fingerprint density at radius 3 is 2.67 bits per heavy atom. The van der Waals surface area contributed by atoms with E-state index >= 15 is 0 Å². The van der Waals surface area contributed by atoms with Crippen LogP contribution in [-0.2, 0) is 4.79 Å². The molecule has 3 heteroatoms. The molecule has 0 bridgehead atoms. The summed E-state index contributed by atoms with van der Waals surface area (Å²) < 4.78 is 0. The summed E-state index contributed by atoms with van der Waals surface area (Å²) in [5.41, 5.74) is 0. The first kappa shape index (κ1) is 15.5. The van der Waals surface area contributed by atoms with Crippen molar-refractivity contribution in [2.24, 2.45) is 11.8 Å². The van der Waals surface area contributed by atoms with Gasteiger partial charge >= 0.3 is 0 Å². The van der Waals surface area contributed by atoms with Crippen LogP contribution in [-0.4, -0.2) is 24.5 Å². The van der Waals surface area contributed by atoms with Gasteiger partial charge in [0.25, 0.3) is 0 Å². The molecule has 1 fully saturated rings. The third kappa shape index (κ3) is 5.85. The smallest absolute Gasteiger partial charge is 0.223 e. The lowest BCUT2D eigenvalue weighted by Crippen LogP contribution is -2.44. The SMILES string of the molecule is CC(C)CCCC(C)NC(=O)[C@H]1CCN[C@@H](C)C1. The van der Waals surface area contributed by atoms with E-state index < -0.39 is 0 Å². The lowest BCUT2D eigenvalue weighted by molar-refractivity contribution is -0.126. The van der Waals surface area contributed by atoms with E-state index in [0.717, 1.165) is 31.7 Å². The van der Waals surface area contributed by atoms with E-state index in [1.165, 1.54) is 12.8 Å². The minimum atomic E-state index is 0.216.